The zero-order valence-electron chi connectivity index (χ0n) is 10.3. The van der Waals surface area contributed by atoms with Gasteiger partial charge in [0.2, 0.25) is 5.91 Å². The van der Waals surface area contributed by atoms with Crippen molar-refractivity contribution in [3.63, 3.8) is 0 Å². The molecular formula is C13H15IN2O3. The monoisotopic (exact) mass is 374 g/mol. The van der Waals surface area contributed by atoms with Gasteiger partial charge in [-0.25, -0.2) is 4.79 Å². The van der Waals surface area contributed by atoms with Crippen LogP contribution < -0.4 is 5.32 Å². The van der Waals surface area contributed by atoms with E-state index in [1.807, 2.05) is 52.9 Å². The Morgan fingerprint density at radius 3 is 2.89 bits per heavy atom. The first-order chi connectivity index (χ1) is 9.16. The molecular weight excluding hydrogens is 359 g/mol. The average Bonchev–Trinajstić information content (AvgIpc) is 2.60. The van der Waals surface area contributed by atoms with Crippen LogP contribution in [0.2, 0.25) is 0 Å². The number of hydrogen-bond acceptors (Lipinski definition) is 3. The lowest BCUT2D eigenvalue weighted by atomic mass is 10.2. The fourth-order valence-corrected chi connectivity index (χ4v) is 2.46. The summed E-state index contributed by atoms with van der Waals surface area (Å²) in [6.07, 6.45) is -0.373. The van der Waals surface area contributed by atoms with Crippen LogP contribution in [0.3, 0.4) is 0 Å². The van der Waals surface area contributed by atoms with Gasteiger partial charge in [-0.2, -0.15) is 0 Å². The topological polar surface area (TPSA) is 58.6 Å². The number of alkyl halides is 1. The number of amides is 2. The molecule has 19 heavy (non-hydrogen) atoms. The molecule has 5 nitrogen and oxygen atoms in total. The van der Waals surface area contributed by atoms with E-state index in [2.05, 4.69) is 5.32 Å². The summed E-state index contributed by atoms with van der Waals surface area (Å²) in [6.45, 7) is 1.60. The molecule has 2 amide bonds. The maximum atomic E-state index is 11.9. The van der Waals surface area contributed by atoms with Crippen LogP contribution in [0, 0.1) is 0 Å². The Balaban J connectivity index is 1.87. The van der Waals surface area contributed by atoms with Crippen LogP contribution in [0.4, 0.5) is 4.79 Å². The maximum Gasteiger partial charge on any atom is 0.410 e. The fraction of sp³-hybridized carbons (Fsp3) is 0.385. The van der Waals surface area contributed by atoms with Gasteiger partial charge in [0.05, 0.1) is 0 Å². The molecule has 0 unspecified atom stereocenters. The first-order valence-electron chi connectivity index (χ1n) is 6.04. The predicted octanol–water partition coefficient (Wildman–Crippen LogP) is 1.56. The summed E-state index contributed by atoms with van der Waals surface area (Å²) >= 11 is 2.03. The minimum Gasteiger partial charge on any atom is -0.445 e. The van der Waals surface area contributed by atoms with Crippen molar-refractivity contribution in [1.29, 1.82) is 0 Å². The molecule has 1 aliphatic heterocycles. The van der Waals surface area contributed by atoms with Crippen LogP contribution in [0.5, 0.6) is 0 Å². The minimum absolute atomic E-state index is 0.0287. The van der Waals surface area contributed by atoms with Gasteiger partial charge in [0.15, 0.2) is 0 Å². The number of carbonyl (C=O) groups excluding carboxylic acids is 2. The molecule has 1 heterocycles. The summed E-state index contributed by atoms with van der Waals surface area (Å²) < 4.78 is 5.02. The van der Waals surface area contributed by atoms with E-state index in [0.717, 1.165) is 5.56 Å². The van der Waals surface area contributed by atoms with E-state index in [-0.39, 0.29) is 22.5 Å². The Labute approximate surface area is 125 Å². The first-order valence-corrected chi connectivity index (χ1v) is 7.29. The van der Waals surface area contributed by atoms with Crippen molar-refractivity contribution < 1.29 is 14.3 Å². The number of hydrogen-bond donors (Lipinski definition) is 1. The van der Waals surface area contributed by atoms with Crippen LogP contribution in [-0.4, -0.2) is 40.5 Å². The lowest BCUT2D eigenvalue weighted by Gasteiger charge is -2.20. The highest BCUT2D eigenvalue weighted by atomic mass is 127. The molecule has 102 valence electrons. The third-order valence-electron chi connectivity index (χ3n) is 2.81. The summed E-state index contributed by atoms with van der Waals surface area (Å²) in [6, 6.07) is 9.53. The molecule has 0 bridgehead atoms. The zero-order valence-corrected chi connectivity index (χ0v) is 12.5. The Morgan fingerprint density at radius 1 is 1.42 bits per heavy atom. The van der Waals surface area contributed by atoms with Crippen LogP contribution in [0.25, 0.3) is 0 Å². The van der Waals surface area contributed by atoms with Gasteiger partial charge in [-0.1, -0.05) is 52.9 Å². The molecule has 0 radical (unpaired) electrons. The molecule has 6 heteroatoms. The molecule has 1 fully saturated rings. The van der Waals surface area contributed by atoms with E-state index in [1.54, 1.807) is 4.90 Å². The summed E-state index contributed by atoms with van der Waals surface area (Å²) in [5.74, 6) is -0.0287. The minimum atomic E-state index is -0.373. The van der Waals surface area contributed by atoms with Gasteiger partial charge < -0.3 is 15.0 Å². The summed E-state index contributed by atoms with van der Waals surface area (Å²) in [5, 5.41) is 2.76. The maximum absolute atomic E-state index is 11.9. The van der Waals surface area contributed by atoms with Crippen molar-refractivity contribution in [2.45, 2.75) is 10.5 Å². The lowest BCUT2D eigenvalue weighted by molar-refractivity contribution is -0.119. The van der Waals surface area contributed by atoms with Crippen molar-refractivity contribution >= 4 is 34.6 Å². The van der Waals surface area contributed by atoms with E-state index < -0.39 is 0 Å². The van der Waals surface area contributed by atoms with Gasteiger partial charge in [0.25, 0.3) is 0 Å². The van der Waals surface area contributed by atoms with Crippen LogP contribution >= 0.6 is 22.6 Å². The van der Waals surface area contributed by atoms with Crippen LogP contribution in [0.15, 0.2) is 30.3 Å². The fourth-order valence-electron chi connectivity index (χ4n) is 1.77. The molecule has 1 aromatic carbocycles. The number of rotatable bonds is 2. The molecule has 0 spiro atoms. The Morgan fingerprint density at radius 2 is 2.16 bits per heavy atom. The van der Waals surface area contributed by atoms with Crippen LogP contribution in [-0.2, 0) is 16.1 Å². The van der Waals surface area contributed by atoms with Gasteiger partial charge in [-0.05, 0) is 5.56 Å². The molecule has 1 aliphatic rings. The zero-order chi connectivity index (χ0) is 13.7. The van der Waals surface area contributed by atoms with Gasteiger partial charge in [0.1, 0.15) is 10.5 Å². The highest BCUT2D eigenvalue weighted by Crippen LogP contribution is 2.09. The van der Waals surface area contributed by atoms with Crippen molar-refractivity contribution in [2.24, 2.45) is 0 Å². The second-order valence-electron chi connectivity index (χ2n) is 4.24. The van der Waals surface area contributed by atoms with E-state index in [4.69, 9.17) is 4.74 Å². The van der Waals surface area contributed by atoms with Crippen LogP contribution in [0.1, 0.15) is 5.56 Å². The third kappa shape index (κ3) is 4.09. The van der Waals surface area contributed by atoms with E-state index >= 15 is 0 Å². The second-order valence-corrected chi connectivity index (χ2v) is 5.75. The SMILES string of the molecule is O=C1NCCN(C(=O)OCc2ccccc2)C[C@H]1I. The molecule has 1 N–H and O–H groups in total. The molecule has 1 atom stereocenters. The number of nitrogens with one attached hydrogen (secondary N) is 1. The number of nitrogens with zero attached hydrogens (tertiary/aromatic N) is 1. The highest BCUT2D eigenvalue weighted by Gasteiger charge is 2.26. The Hall–Kier alpha value is -1.31. The van der Waals surface area contributed by atoms with E-state index in [9.17, 15) is 9.59 Å². The average molecular weight is 374 g/mol. The van der Waals surface area contributed by atoms with Crippen molar-refractivity contribution in [3.05, 3.63) is 35.9 Å². The summed E-state index contributed by atoms with van der Waals surface area (Å²) in [7, 11) is 0. The molecule has 0 aliphatic carbocycles. The molecule has 0 saturated carbocycles. The van der Waals surface area contributed by atoms with E-state index in [0.29, 0.717) is 19.6 Å². The number of ether oxygens (including phenoxy) is 1. The van der Waals surface area contributed by atoms with Crippen molar-refractivity contribution in [3.8, 4) is 0 Å². The predicted molar refractivity (Wildman–Crippen MR) is 79.0 cm³/mol. The molecule has 2 rings (SSSR count). The van der Waals surface area contributed by atoms with E-state index in [1.165, 1.54) is 0 Å². The second kappa shape index (κ2) is 6.74. The summed E-state index contributed by atoms with van der Waals surface area (Å²) in [5.41, 5.74) is 0.950. The smallest absolute Gasteiger partial charge is 0.410 e. The standard InChI is InChI=1S/C13H15IN2O3/c14-11-8-16(7-6-15-12(11)17)13(18)19-9-10-4-2-1-3-5-10/h1-5,11H,6-9H2,(H,15,17)/t11-/m1/s1. The molecule has 0 aromatic heterocycles. The highest BCUT2D eigenvalue weighted by molar-refractivity contribution is 14.1. The number of carbonyl (C=O) groups is 2. The molecule has 1 aromatic rings. The number of halogens is 1. The Kier molecular flexibility index (Phi) is 5.00. The largest absolute Gasteiger partial charge is 0.445 e. The third-order valence-corrected chi connectivity index (χ3v) is 3.77. The summed E-state index contributed by atoms with van der Waals surface area (Å²) in [4.78, 5) is 25.0. The normalized spacial score (nSPS) is 19.5. The molecule has 1 saturated heterocycles. The van der Waals surface area contributed by atoms with Gasteiger partial charge in [-0.3, -0.25) is 4.79 Å². The Bertz CT molecular complexity index is 452. The van der Waals surface area contributed by atoms with Gasteiger partial charge >= 0.3 is 6.09 Å². The number of benzene rings is 1. The lowest BCUT2D eigenvalue weighted by Crippen LogP contribution is -2.37. The van der Waals surface area contributed by atoms with Crippen molar-refractivity contribution in [2.75, 3.05) is 19.6 Å². The first kappa shape index (κ1) is 14.1. The quantitative estimate of drug-likeness (QED) is 0.632. The van der Waals surface area contributed by atoms with Gasteiger partial charge in [0, 0.05) is 19.6 Å². The van der Waals surface area contributed by atoms with Crippen molar-refractivity contribution in [1.82, 2.24) is 10.2 Å². The van der Waals surface area contributed by atoms with Gasteiger partial charge in [-0.15, -0.1) is 0 Å².